The zero-order valence-corrected chi connectivity index (χ0v) is 10.2. The topological polar surface area (TPSA) is 17.1 Å². The van der Waals surface area contributed by atoms with Crippen LogP contribution in [0.1, 0.15) is 34.6 Å². The highest BCUT2D eigenvalue weighted by Crippen LogP contribution is 2.11. The standard InChI is InChI=1S/C12H17ClO/c1-8(2)9(3)6-7-10(4)11(5)12(13)14/h6-7H,1-5H3/b7-6?,11-10-. The van der Waals surface area contributed by atoms with Crippen LogP contribution in [0.15, 0.2) is 34.4 Å². The second kappa shape index (κ2) is 5.82. The van der Waals surface area contributed by atoms with E-state index in [1.807, 2.05) is 26.0 Å². The van der Waals surface area contributed by atoms with Gasteiger partial charge in [-0.3, -0.25) is 4.79 Å². The fraction of sp³-hybridized carbons (Fsp3) is 0.417. The molecular formula is C12H17ClO. The first kappa shape index (κ1) is 13.2. The second-order valence-corrected chi connectivity index (χ2v) is 3.94. The van der Waals surface area contributed by atoms with Gasteiger partial charge in [0.05, 0.1) is 0 Å². The van der Waals surface area contributed by atoms with Crippen LogP contribution < -0.4 is 0 Å². The molecule has 0 radical (unpaired) electrons. The van der Waals surface area contributed by atoms with Gasteiger partial charge in [0.15, 0.2) is 0 Å². The first-order chi connectivity index (χ1) is 6.36. The van der Waals surface area contributed by atoms with E-state index in [2.05, 4.69) is 13.8 Å². The van der Waals surface area contributed by atoms with E-state index in [0.717, 1.165) is 5.57 Å². The third-order valence-corrected chi connectivity index (χ3v) is 2.54. The number of rotatable bonds is 3. The van der Waals surface area contributed by atoms with Crippen molar-refractivity contribution in [3.05, 3.63) is 34.4 Å². The molecule has 0 atom stereocenters. The first-order valence-electron chi connectivity index (χ1n) is 4.55. The third kappa shape index (κ3) is 4.43. The molecule has 0 heterocycles. The minimum Gasteiger partial charge on any atom is -0.276 e. The molecule has 0 fully saturated rings. The molecule has 0 aromatic heterocycles. The van der Waals surface area contributed by atoms with Gasteiger partial charge in [0.1, 0.15) is 0 Å². The zero-order chi connectivity index (χ0) is 11.3. The SMILES string of the molecule is CC(C)=C(C)C=C/C(C)=C(/C)C(=O)Cl. The summed E-state index contributed by atoms with van der Waals surface area (Å²) < 4.78 is 0. The van der Waals surface area contributed by atoms with Gasteiger partial charge < -0.3 is 0 Å². The maximum absolute atomic E-state index is 10.8. The number of carbonyl (C=O) groups is 1. The van der Waals surface area contributed by atoms with Gasteiger partial charge in [-0.1, -0.05) is 23.3 Å². The fourth-order valence-corrected chi connectivity index (χ4v) is 0.846. The molecule has 0 N–H and O–H groups in total. The van der Waals surface area contributed by atoms with Crippen LogP contribution in [0, 0.1) is 0 Å². The van der Waals surface area contributed by atoms with Crippen LogP contribution in [0.2, 0.25) is 0 Å². The summed E-state index contributed by atoms with van der Waals surface area (Å²) in [6.07, 6.45) is 3.91. The molecule has 78 valence electrons. The highest BCUT2D eigenvalue weighted by Gasteiger charge is 2.01. The molecule has 0 rings (SSSR count). The van der Waals surface area contributed by atoms with Crippen molar-refractivity contribution in [2.75, 3.05) is 0 Å². The molecule has 0 bridgehead atoms. The molecule has 0 saturated heterocycles. The lowest BCUT2D eigenvalue weighted by molar-refractivity contribution is -0.108. The Morgan fingerprint density at radius 1 is 0.929 bits per heavy atom. The van der Waals surface area contributed by atoms with Gasteiger partial charge >= 0.3 is 0 Å². The van der Waals surface area contributed by atoms with Gasteiger partial charge in [-0.05, 0) is 51.8 Å². The summed E-state index contributed by atoms with van der Waals surface area (Å²) in [4.78, 5) is 10.8. The molecule has 2 heteroatoms. The summed E-state index contributed by atoms with van der Waals surface area (Å²) >= 11 is 5.36. The molecule has 1 nitrogen and oxygen atoms in total. The summed E-state index contributed by atoms with van der Waals surface area (Å²) in [5, 5.41) is -0.387. The quantitative estimate of drug-likeness (QED) is 0.393. The van der Waals surface area contributed by atoms with Crippen LogP contribution in [0.3, 0.4) is 0 Å². The predicted molar refractivity (Wildman–Crippen MR) is 62.4 cm³/mol. The van der Waals surface area contributed by atoms with E-state index >= 15 is 0 Å². The summed E-state index contributed by atoms with van der Waals surface area (Å²) in [6, 6.07) is 0. The predicted octanol–water partition coefficient (Wildman–Crippen LogP) is 4.00. The Kier molecular flexibility index (Phi) is 5.47. The molecule has 0 unspecified atom stereocenters. The summed E-state index contributed by atoms with van der Waals surface area (Å²) in [5.74, 6) is 0. The van der Waals surface area contributed by atoms with Crippen molar-refractivity contribution in [1.29, 1.82) is 0 Å². The van der Waals surface area contributed by atoms with Crippen molar-refractivity contribution in [3.63, 3.8) is 0 Å². The van der Waals surface area contributed by atoms with Gasteiger partial charge in [-0.2, -0.15) is 0 Å². The minimum absolute atomic E-state index is 0.387. The van der Waals surface area contributed by atoms with Crippen LogP contribution in [0.4, 0.5) is 0 Å². The molecule has 0 spiro atoms. The molecule has 0 aliphatic rings. The fourth-order valence-electron chi connectivity index (χ4n) is 0.697. The Morgan fingerprint density at radius 3 is 1.71 bits per heavy atom. The normalized spacial score (nSPS) is 12.7. The van der Waals surface area contributed by atoms with E-state index in [1.165, 1.54) is 11.1 Å². The molecule has 0 amide bonds. The van der Waals surface area contributed by atoms with Crippen molar-refractivity contribution in [2.45, 2.75) is 34.6 Å². The van der Waals surface area contributed by atoms with Crippen molar-refractivity contribution in [2.24, 2.45) is 0 Å². The Morgan fingerprint density at radius 2 is 1.36 bits per heavy atom. The van der Waals surface area contributed by atoms with Crippen molar-refractivity contribution >= 4 is 16.8 Å². The number of halogens is 1. The number of allylic oxidation sites excluding steroid dienone is 6. The minimum atomic E-state index is -0.387. The van der Waals surface area contributed by atoms with Crippen LogP contribution in [0.5, 0.6) is 0 Å². The first-order valence-corrected chi connectivity index (χ1v) is 4.93. The van der Waals surface area contributed by atoms with E-state index < -0.39 is 0 Å². The Balaban J connectivity index is 4.79. The van der Waals surface area contributed by atoms with Gasteiger partial charge in [0.25, 0.3) is 0 Å². The third-order valence-electron chi connectivity index (χ3n) is 2.26. The van der Waals surface area contributed by atoms with E-state index in [-0.39, 0.29) is 5.24 Å². The number of hydrogen-bond acceptors (Lipinski definition) is 1. The van der Waals surface area contributed by atoms with E-state index in [4.69, 9.17) is 11.6 Å². The molecule has 0 aromatic rings. The molecule has 14 heavy (non-hydrogen) atoms. The summed E-state index contributed by atoms with van der Waals surface area (Å²) in [5.41, 5.74) is 3.98. The number of carbonyl (C=O) groups excluding carboxylic acids is 1. The largest absolute Gasteiger partial charge is 0.276 e. The van der Waals surface area contributed by atoms with Crippen molar-refractivity contribution < 1.29 is 4.79 Å². The van der Waals surface area contributed by atoms with Crippen LogP contribution in [0.25, 0.3) is 0 Å². The molecule has 0 aliphatic heterocycles. The second-order valence-electron chi connectivity index (χ2n) is 3.60. The van der Waals surface area contributed by atoms with E-state index in [0.29, 0.717) is 5.57 Å². The lowest BCUT2D eigenvalue weighted by atomic mass is 10.1. The summed E-state index contributed by atoms with van der Waals surface area (Å²) in [6.45, 7) is 9.75. The Hall–Kier alpha value is -0.820. The Labute approximate surface area is 91.1 Å². The molecular weight excluding hydrogens is 196 g/mol. The van der Waals surface area contributed by atoms with Crippen LogP contribution >= 0.6 is 11.6 Å². The smallest absolute Gasteiger partial charge is 0.248 e. The lowest BCUT2D eigenvalue weighted by Crippen LogP contribution is -1.90. The maximum Gasteiger partial charge on any atom is 0.248 e. The highest BCUT2D eigenvalue weighted by atomic mass is 35.5. The van der Waals surface area contributed by atoms with E-state index in [9.17, 15) is 4.79 Å². The van der Waals surface area contributed by atoms with Gasteiger partial charge in [0.2, 0.25) is 5.24 Å². The molecule has 0 saturated carbocycles. The maximum atomic E-state index is 10.8. The van der Waals surface area contributed by atoms with Crippen LogP contribution in [-0.4, -0.2) is 5.24 Å². The average Bonchev–Trinajstić information content (AvgIpc) is 2.11. The van der Waals surface area contributed by atoms with E-state index in [1.54, 1.807) is 6.92 Å². The zero-order valence-electron chi connectivity index (χ0n) is 9.44. The van der Waals surface area contributed by atoms with Gasteiger partial charge in [-0.25, -0.2) is 0 Å². The van der Waals surface area contributed by atoms with Gasteiger partial charge in [-0.15, -0.1) is 0 Å². The lowest BCUT2D eigenvalue weighted by Gasteiger charge is -1.98. The summed E-state index contributed by atoms with van der Waals surface area (Å²) in [7, 11) is 0. The Bertz CT molecular complexity index is 315. The van der Waals surface area contributed by atoms with Crippen LogP contribution in [-0.2, 0) is 4.79 Å². The average molecular weight is 213 g/mol. The monoisotopic (exact) mass is 212 g/mol. The van der Waals surface area contributed by atoms with Crippen molar-refractivity contribution in [3.8, 4) is 0 Å². The molecule has 0 aromatic carbocycles. The van der Waals surface area contributed by atoms with Gasteiger partial charge in [0, 0.05) is 5.57 Å². The molecule has 0 aliphatic carbocycles. The highest BCUT2D eigenvalue weighted by molar-refractivity contribution is 6.67. The van der Waals surface area contributed by atoms with Crippen molar-refractivity contribution in [1.82, 2.24) is 0 Å². The number of hydrogen-bond donors (Lipinski definition) is 0.